The molecule has 6 heteroatoms. The third kappa shape index (κ3) is 4.00. The predicted molar refractivity (Wildman–Crippen MR) is 77.9 cm³/mol. The summed E-state index contributed by atoms with van der Waals surface area (Å²) in [5.74, 6) is -0.980. The molecule has 21 heavy (non-hydrogen) atoms. The fourth-order valence-corrected chi connectivity index (χ4v) is 2.46. The Labute approximate surface area is 125 Å². The molecule has 1 fully saturated rings. The number of carbonyl (C=O) groups excluding carboxylic acids is 1. The van der Waals surface area contributed by atoms with Crippen molar-refractivity contribution in [3.05, 3.63) is 30.1 Å². The van der Waals surface area contributed by atoms with Crippen molar-refractivity contribution >= 4 is 5.91 Å². The highest BCUT2D eigenvalue weighted by molar-refractivity contribution is 5.84. The number of hydrogen-bond acceptors (Lipinski definition) is 5. The van der Waals surface area contributed by atoms with Crippen molar-refractivity contribution in [1.29, 1.82) is 0 Å². The molecule has 1 aromatic rings. The predicted octanol–water partition coefficient (Wildman–Crippen LogP) is 1.38. The lowest BCUT2D eigenvalue weighted by Gasteiger charge is -2.24. The van der Waals surface area contributed by atoms with Crippen LogP contribution in [0.5, 0.6) is 0 Å². The summed E-state index contributed by atoms with van der Waals surface area (Å²) in [6.45, 7) is 4.70. The van der Waals surface area contributed by atoms with Gasteiger partial charge in [-0.3, -0.25) is 14.6 Å². The minimum atomic E-state index is -1.24. The molecule has 1 aliphatic heterocycles. The van der Waals surface area contributed by atoms with Crippen LogP contribution in [0.15, 0.2) is 24.5 Å². The van der Waals surface area contributed by atoms with E-state index in [0.717, 1.165) is 12.0 Å². The van der Waals surface area contributed by atoms with Crippen molar-refractivity contribution in [3.63, 3.8) is 0 Å². The SMILES string of the molecule is CO[C@]1(C(=O)NCc2ccncc2)C[C@H](CC(C)C)NO1. The number of hydrogen-bond donors (Lipinski definition) is 2. The zero-order valence-corrected chi connectivity index (χ0v) is 12.8. The van der Waals surface area contributed by atoms with Gasteiger partial charge in [-0.1, -0.05) is 13.8 Å². The molecule has 2 N–H and O–H groups in total. The molecular formula is C15H23N3O3. The summed E-state index contributed by atoms with van der Waals surface area (Å²) < 4.78 is 5.35. The molecule has 1 saturated heterocycles. The number of nitrogens with zero attached hydrogens (tertiary/aromatic N) is 1. The second kappa shape index (κ2) is 6.98. The summed E-state index contributed by atoms with van der Waals surface area (Å²) >= 11 is 0. The average Bonchev–Trinajstić information content (AvgIpc) is 2.89. The Morgan fingerprint density at radius 2 is 2.29 bits per heavy atom. The van der Waals surface area contributed by atoms with Crippen LogP contribution < -0.4 is 10.8 Å². The molecule has 0 saturated carbocycles. The Balaban J connectivity index is 1.93. The van der Waals surface area contributed by atoms with Gasteiger partial charge in [0.2, 0.25) is 0 Å². The maximum atomic E-state index is 12.4. The molecule has 2 rings (SSSR count). The van der Waals surface area contributed by atoms with Crippen molar-refractivity contribution in [2.45, 2.75) is 45.1 Å². The van der Waals surface area contributed by atoms with E-state index >= 15 is 0 Å². The Kier molecular flexibility index (Phi) is 5.27. The van der Waals surface area contributed by atoms with Crippen LogP contribution in [0.3, 0.4) is 0 Å². The first-order valence-corrected chi connectivity index (χ1v) is 7.21. The van der Waals surface area contributed by atoms with E-state index in [-0.39, 0.29) is 11.9 Å². The summed E-state index contributed by atoms with van der Waals surface area (Å²) in [5, 5.41) is 2.85. The van der Waals surface area contributed by atoms with E-state index in [4.69, 9.17) is 9.57 Å². The van der Waals surface area contributed by atoms with Gasteiger partial charge in [0, 0.05) is 38.5 Å². The van der Waals surface area contributed by atoms with Gasteiger partial charge in [0.25, 0.3) is 11.7 Å². The number of amides is 1. The molecule has 1 amide bonds. The molecule has 0 unspecified atom stereocenters. The van der Waals surface area contributed by atoms with Crippen LogP contribution in [0.4, 0.5) is 0 Å². The fourth-order valence-electron chi connectivity index (χ4n) is 2.46. The van der Waals surface area contributed by atoms with E-state index in [1.807, 2.05) is 12.1 Å². The van der Waals surface area contributed by atoms with Gasteiger partial charge < -0.3 is 10.1 Å². The third-order valence-electron chi connectivity index (χ3n) is 3.54. The molecule has 0 aliphatic carbocycles. The van der Waals surface area contributed by atoms with Gasteiger partial charge in [0.05, 0.1) is 0 Å². The van der Waals surface area contributed by atoms with Gasteiger partial charge in [0.15, 0.2) is 0 Å². The number of methoxy groups -OCH3 is 1. The molecule has 0 spiro atoms. The van der Waals surface area contributed by atoms with Crippen LogP contribution in [0.2, 0.25) is 0 Å². The normalized spacial score (nSPS) is 25.2. The highest BCUT2D eigenvalue weighted by Crippen LogP contribution is 2.28. The molecule has 0 aromatic carbocycles. The first-order chi connectivity index (χ1) is 10.1. The van der Waals surface area contributed by atoms with E-state index in [9.17, 15) is 4.79 Å². The topological polar surface area (TPSA) is 72.5 Å². The van der Waals surface area contributed by atoms with Crippen molar-refractivity contribution in [1.82, 2.24) is 15.8 Å². The maximum Gasteiger partial charge on any atom is 0.282 e. The van der Waals surface area contributed by atoms with Crippen LogP contribution in [0.25, 0.3) is 0 Å². The summed E-state index contributed by atoms with van der Waals surface area (Å²) in [6, 6.07) is 3.83. The Bertz CT molecular complexity index is 466. The van der Waals surface area contributed by atoms with Crippen molar-refractivity contribution in [2.75, 3.05) is 7.11 Å². The number of rotatable bonds is 6. The summed E-state index contributed by atoms with van der Waals surface area (Å²) in [5.41, 5.74) is 3.89. The van der Waals surface area contributed by atoms with Crippen LogP contribution in [0.1, 0.15) is 32.3 Å². The van der Waals surface area contributed by atoms with Crippen molar-refractivity contribution in [2.24, 2.45) is 5.92 Å². The van der Waals surface area contributed by atoms with Crippen LogP contribution in [0, 0.1) is 5.92 Å². The first-order valence-electron chi connectivity index (χ1n) is 7.21. The zero-order chi connectivity index (χ0) is 15.3. The number of hydroxylamine groups is 1. The number of ether oxygens (including phenoxy) is 1. The quantitative estimate of drug-likeness (QED) is 0.829. The molecule has 2 heterocycles. The Morgan fingerprint density at radius 1 is 1.57 bits per heavy atom. The van der Waals surface area contributed by atoms with E-state index in [0.29, 0.717) is 18.9 Å². The lowest BCUT2D eigenvalue weighted by Crippen LogP contribution is -2.48. The van der Waals surface area contributed by atoms with Gasteiger partial charge >= 0.3 is 0 Å². The van der Waals surface area contributed by atoms with Crippen LogP contribution in [-0.2, 0) is 20.9 Å². The summed E-state index contributed by atoms with van der Waals surface area (Å²) in [7, 11) is 1.49. The molecule has 6 nitrogen and oxygen atoms in total. The molecule has 0 radical (unpaired) electrons. The molecule has 116 valence electrons. The standard InChI is InChI=1S/C15H23N3O3/c1-11(2)8-13-9-15(20-3,21-18-13)14(19)17-10-12-4-6-16-7-5-12/h4-7,11,13,18H,8-10H2,1-3H3,(H,17,19)/t13-,15+/m0/s1. The second-order valence-corrected chi connectivity index (χ2v) is 5.75. The minimum Gasteiger partial charge on any atom is -0.347 e. The largest absolute Gasteiger partial charge is 0.347 e. The van der Waals surface area contributed by atoms with Crippen molar-refractivity contribution in [3.8, 4) is 0 Å². The maximum absolute atomic E-state index is 12.4. The van der Waals surface area contributed by atoms with Gasteiger partial charge in [-0.05, 0) is 30.0 Å². The monoisotopic (exact) mass is 293 g/mol. The van der Waals surface area contributed by atoms with E-state index in [2.05, 4.69) is 29.6 Å². The van der Waals surface area contributed by atoms with Crippen LogP contribution >= 0.6 is 0 Å². The zero-order valence-electron chi connectivity index (χ0n) is 12.8. The fraction of sp³-hybridized carbons (Fsp3) is 0.600. The number of pyridine rings is 1. The average molecular weight is 293 g/mol. The lowest BCUT2D eigenvalue weighted by molar-refractivity contribution is -0.218. The molecular weight excluding hydrogens is 270 g/mol. The van der Waals surface area contributed by atoms with Gasteiger partial charge in [-0.2, -0.15) is 5.48 Å². The van der Waals surface area contributed by atoms with Gasteiger partial charge in [0.1, 0.15) is 0 Å². The minimum absolute atomic E-state index is 0.122. The first kappa shape index (κ1) is 15.9. The Hall–Kier alpha value is -1.50. The lowest BCUT2D eigenvalue weighted by atomic mass is 9.98. The number of nitrogens with one attached hydrogen (secondary N) is 2. The van der Waals surface area contributed by atoms with E-state index in [1.165, 1.54) is 7.11 Å². The molecule has 2 atom stereocenters. The third-order valence-corrected chi connectivity index (χ3v) is 3.54. The molecule has 0 bridgehead atoms. The highest BCUT2D eigenvalue weighted by atomic mass is 16.8. The smallest absolute Gasteiger partial charge is 0.282 e. The van der Waals surface area contributed by atoms with Gasteiger partial charge in [-0.15, -0.1) is 0 Å². The molecule has 1 aromatic heterocycles. The van der Waals surface area contributed by atoms with E-state index < -0.39 is 5.79 Å². The number of carbonyl (C=O) groups is 1. The molecule has 1 aliphatic rings. The van der Waals surface area contributed by atoms with Crippen LogP contribution in [-0.4, -0.2) is 29.8 Å². The van der Waals surface area contributed by atoms with E-state index in [1.54, 1.807) is 12.4 Å². The van der Waals surface area contributed by atoms with Gasteiger partial charge in [-0.25, -0.2) is 0 Å². The summed E-state index contributed by atoms with van der Waals surface area (Å²) in [6.07, 6.45) is 4.83. The number of aromatic nitrogens is 1. The Morgan fingerprint density at radius 3 is 2.90 bits per heavy atom. The van der Waals surface area contributed by atoms with Crippen molar-refractivity contribution < 1.29 is 14.4 Å². The second-order valence-electron chi connectivity index (χ2n) is 5.75. The summed E-state index contributed by atoms with van der Waals surface area (Å²) in [4.78, 5) is 21.8. The highest BCUT2D eigenvalue weighted by Gasteiger charge is 2.47.